The summed E-state index contributed by atoms with van der Waals surface area (Å²) in [5.74, 6) is -0.772. The Morgan fingerprint density at radius 1 is 0.909 bits per heavy atom. The molecule has 0 unspecified atom stereocenters. The van der Waals surface area contributed by atoms with Gasteiger partial charge in [-0.15, -0.1) is 0 Å². The van der Waals surface area contributed by atoms with Gasteiger partial charge in [0.2, 0.25) is 5.91 Å². The average Bonchev–Trinajstić information content (AvgIpc) is 3.05. The van der Waals surface area contributed by atoms with Crippen molar-refractivity contribution in [3.05, 3.63) is 65.9 Å². The minimum absolute atomic E-state index is 0.158. The lowest BCUT2D eigenvalue weighted by atomic mass is 10.0. The van der Waals surface area contributed by atoms with Crippen LogP contribution in [0.15, 0.2) is 60.3 Å². The van der Waals surface area contributed by atoms with Gasteiger partial charge in [-0.1, -0.05) is 30.3 Å². The first-order valence-electron chi connectivity index (χ1n) is 11.1. The number of carbonyl (C=O) groups excluding carboxylic acids is 3. The second-order valence-corrected chi connectivity index (χ2v) is 8.07. The molecular formula is C25H28N4O4. The molecule has 0 aromatic heterocycles. The van der Waals surface area contributed by atoms with Crippen LogP contribution in [0.2, 0.25) is 0 Å². The highest BCUT2D eigenvalue weighted by Crippen LogP contribution is 2.30. The van der Waals surface area contributed by atoms with Crippen LogP contribution in [0.4, 0.5) is 11.4 Å². The van der Waals surface area contributed by atoms with Gasteiger partial charge in [-0.2, -0.15) is 0 Å². The lowest BCUT2D eigenvalue weighted by Gasteiger charge is -2.27. The minimum Gasteiger partial charge on any atom is -0.379 e. The zero-order chi connectivity index (χ0) is 23.2. The van der Waals surface area contributed by atoms with E-state index in [-0.39, 0.29) is 23.4 Å². The second-order valence-electron chi connectivity index (χ2n) is 8.07. The van der Waals surface area contributed by atoms with Gasteiger partial charge in [-0.25, -0.2) is 0 Å². The lowest BCUT2D eigenvalue weighted by molar-refractivity contribution is -0.137. The summed E-state index contributed by atoms with van der Waals surface area (Å²) < 4.78 is 5.38. The predicted octanol–water partition coefficient (Wildman–Crippen LogP) is 2.56. The number of hydrogen-bond donors (Lipinski definition) is 2. The Kier molecular flexibility index (Phi) is 7.16. The third kappa shape index (κ3) is 5.47. The Hall–Kier alpha value is -3.49. The van der Waals surface area contributed by atoms with Crippen molar-refractivity contribution >= 4 is 34.7 Å². The van der Waals surface area contributed by atoms with Crippen LogP contribution in [-0.2, 0) is 19.1 Å². The van der Waals surface area contributed by atoms with Crippen LogP contribution < -0.4 is 10.6 Å². The fraction of sp³-hybridized carbons (Fsp3) is 0.320. The molecule has 4 rings (SSSR count). The summed E-state index contributed by atoms with van der Waals surface area (Å²) in [4.78, 5) is 41.5. The van der Waals surface area contributed by atoms with E-state index in [9.17, 15) is 14.4 Å². The molecular weight excluding hydrogens is 420 g/mol. The summed E-state index contributed by atoms with van der Waals surface area (Å²) in [6.45, 7) is 5.80. The summed E-state index contributed by atoms with van der Waals surface area (Å²) in [7, 11) is 0. The number of imide groups is 1. The molecule has 2 heterocycles. The molecule has 172 valence electrons. The Balaban J connectivity index is 1.52. The number of amides is 3. The van der Waals surface area contributed by atoms with Crippen molar-refractivity contribution in [2.24, 2.45) is 0 Å². The van der Waals surface area contributed by atoms with Crippen LogP contribution in [0, 0.1) is 0 Å². The molecule has 2 N–H and O–H groups in total. The van der Waals surface area contributed by atoms with Crippen LogP contribution in [0.5, 0.6) is 0 Å². The standard InChI is InChI=1S/C25H28N4O4/c1-18(30)26-20-8-10-21(11-9-20)27-23-22(19-6-3-2-4-7-19)24(31)29(25(23)32)13-5-12-28-14-16-33-17-15-28/h2-4,6-11,27H,5,12-17H2,1H3,(H,26,30). The smallest absolute Gasteiger partial charge is 0.278 e. The van der Waals surface area contributed by atoms with Gasteiger partial charge < -0.3 is 15.4 Å². The number of benzene rings is 2. The molecule has 33 heavy (non-hydrogen) atoms. The average molecular weight is 449 g/mol. The van der Waals surface area contributed by atoms with Crippen molar-refractivity contribution in [2.75, 3.05) is 50.0 Å². The quantitative estimate of drug-likeness (QED) is 0.604. The Morgan fingerprint density at radius 2 is 1.58 bits per heavy atom. The molecule has 1 fully saturated rings. The molecule has 8 nitrogen and oxygen atoms in total. The fourth-order valence-corrected chi connectivity index (χ4v) is 4.03. The summed E-state index contributed by atoms with van der Waals surface area (Å²) in [5, 5.41) is 5.86. The summed E-state index contributed by atoms with van der Waals surface area (Å²) in [6.07, 6.45) is 0.707. The normalized spacial score (nSPS) is 16.9. The molecule has 0 radical (unpaired) electrons. The molecule has 2 aliphatic heterocycles. The van der Waals surface area contributed by atoms with E-state index in [1.165, 1.54) is 11.8 Å². The van der Waals surface area contributed by atoms with Crippen LogP contribution in [0.25, 0.3) is 5.57 Å². The van der Waals surface area contributed by atoms with Gasteiger partial charge in [0.1, 0.15) is 5.70 Å². The zero-order valence-corrected chi connectivity index (χ0v) is 18.7. The Bertz CT molecular complexity index is 1040. The molecule has 0 aliphatic carbocycles. The topological polar surface area (TPSA) is 91.0 Å². The fourth-order valence-electron chi connectivity index (χ4n) is 4.03. The minimum atomic E-state index is -0.327. The van der Waals surface area contributed by atoms with Gasteiger partial charge in [-0.3, -0.25) is 24.2 Å². The maximum absolute atomic E-state index is 13.3. The first-order valence-corrected chi connectivity index (χ1v) is 11.1. The number of nitrogens with one attached hydrogen (secondary N) is 2. The van der Waals surface area contributed by atoms with Crippen molar-refractivity contribution in [1.29, 1.82) is 0 Å². The maximum atomic E-state index is 13.3. The van der Waals surface area contributed by atoms with Gasteiger partial charge in [0.05, 0.1) is 18.8 Å². The lowest BCUT2D eigenvalue weighted by Crippen LogP contribution is -2.39. The number of ether oxygens (including phenoxy) is 1. The van der Waals surface area contributed by atoms with Crippen molar-refractivity contribution in [1.82, 2.24) is 9.80 Å². The second kappa shape index (κ2) is 10.4. The molecule has 3 amide bonds. The monoisotopic (exact) mass is 448 g/mol. The molecule has 0 spiro atoms. The molecule has 0 saturated carbocycles. The van der Waals surface area contributed by atoms with E-state index in [0.717, 1.165) is 32.8 Å². The Morgan fingerprint density at radius 3 is 2.24 bits per heavy atom. The zero-order valence-electron chi connectivity index (χ0n) is 18.7. The largest absolute Gasteiger partial charge is 0.379 e. The summed E-state index contributed by atoms with van der Waals surface area (Å²) >= 11 is 0. The number of nitrogens with zero attached hydrogens (tertiary/aromatic N) is 2. The van der Waals surface area contributed by atoms with Crippen molar-refractivity contribution in [3.8, 4) is 0 Å². The van der Waals surface area contributed by atoms with Gasteiger partial charge in [-0.05, 0) is 36.2 Å². The van der Waals surface area contributed by atoms with Crippen molar-refractivity contribution in [3.63, 3.8) is 0 Å². The third-order valence-electron chi connectivity index (χ3n) is 5.66. The first-order chi connectivity index (χ1) is 16.0. The highest BCUT2D eigenvalue weighted by atomic mass is 16.5. The third-order valence-corrected chi connectivity index (χ3v) is 5.66. The first kappa shape index (κ1) is 22.7. The molecule has 8 heteroatoms. The molecule has 0 atom stereocenters. The van der Waals surface area contributed by atoms with E-state index in [4.69, 9.17) is 4.74 Å². The maximum Gasteiger partial charge on any atom is 0.278 e. The highest BCUT2D eigenvalue weighted by molar-refractivity contribution is 6.36. The SMILES string of the molecule is CC(=O)Nc1ccc(NC2=C(c3ccccc3)C(=O)N(CCCN3CCOCC3)C2=O)cc1. The van der Waals surface area contributed by atoms with Gasteiger partial charge in [0, 0.05) is 44.5 Å². The van der Waals surface area contributed by atoms with Gasteiger partial charge in [0.25, 0.3) is 11.8 Å². The van der Waals surface area contributed by atoms with Gasteiger partial charge in [0.15, 0.2) is 0 Å². The number of anilines is 2. The number of carbonyl (C=O) groups is 3. The van der Waals surface area contributed by atoms with E-state index in [1.54, 1.807) is 24.3 Å². The van der Waals surface area contributed by atoms with Crippen LogP contribution in [0.3, 0.4) is 0 Å². The molecule has 1 saturated heterocycles. The van der Waals surface area contributed by atoms with Crippen molar-refractivity contribution in [2.45, 2.75) is 13.3 Å². The van der Waals surface area contributed by atoms with Gasteiger partial charge >= 0.3 is 0 Å². The van der Waals surface area contributed by atoms with Crippen molar-refractivity contribution < 1.29 is 19.1 Å². The van der Waals surface area contributed by atoms with Crippen LogP contribution in [-0.4, -0.2) is 66.9 Å². The number of hydrogen-bond acceptors (Lipinski definition) is 6. The van der Waals surface area contributed by atoms with Crippen LogP contribution >= 0.6 is 0 Å². The van der Waals surface area contributed by atoms with Crippen LogP contribution in [0.1, 0.15) is 18.9 Å². The van der Waals surface area contributed by atoms with E-state index in [1.807, 2.05) is 30.3 Å². The van der Waals surface area contributed by atoms with E-state index in [0.29, 0.717) is 35.5 Å². The summed E-state index contributed by atoms with van der Waals surface area (Å²) in [6, 6.07) is 16.3. The van der Waals surface area contributed by atoms with E-state index < -0.39 is 0 Å². The molecule has 2 aromatic rings. The molecule has 2 aromatic carbocycles. The summed E-state index contributed by atoms with van der Waals surface area (Å²) in [5.41, 5.74) is 2.65. The molecule has 0 bridgehead atoms. The number of morpholine rings is 1. The molecule has 2 aliphatic rings. The van der Waals surface area contributed by atoms with E-state index >= 15 is 0 Å². The predicted molar refractivity (Wildman–Crippen MR) is 126 cm³/mol. The van der Waals surface area contributed by atoms with E-state index in [2.05, 4.69) is 15.5 Å². The number of rotatable bonds is 8. The highest BCUT2D eigenvalue weighted by Gasteiger charge is 2.38. The Labute approximate surface area is 193 Å².